The van der Waals surface area contributed by atoms with Crippen LogP contribution in [0.25, 0.3) is 0 Å². The number of aliphatic hydroxyl groups excluding tert-OH is 1. The van der Waals surface area contributed by atoms with Gasteiger partial charge in [-0.1, -0.05) is 0 Å². The van der Waals surface area contributed by atoms with Crippen molar-refractivity contribution in [3.05, 3.63) is 0 Å². The highest BCUT2D eigenvalue weighted by atomic mass is 32.2. The molecule has 1 rings (SSSR count). The number of urea groups is 1. The van der Waals surface area contributed by atoms with Crippen molar-refractivity contribution in [1.29, 1.82) is 0 Å². The highest BCUT2D eigenvalue weighted by Gasteiger charge is 2.29. The van der Waals surface area contributed by atoms with E-state index in [1.165, 1.54) is 16.7 Å². The Morgan fingerprint density at radius 3 is 2.89 bits per heavy atom. The second-order valence-corrected chi connectivity index (χ2v) is 5.21. The number of aliphatic hydroxyl groups is 1. The number of hydrogen-bond donors (Lipinski definition) is 3. The molecule has 1 aliphatic heterocycles. The number of nitrogens with one attached hydrogen (secondary N) is 1. The first-order chi connectivity index (χ1) is 9.10. The van der Waals surface area contributed by atoms with Crippen LogP contribution in [0.4, 0.5) is 4.79 Å². The summed E-state index contributed by atoms with van der Waals surface area (Å²) in [6.45, 7) is 0.820. The van der Waals surface area contributed by atoms with E-state index in [0.29, 0.717) is 25.3 Å². The number of carboxylic acid groups (broad SMARTS) is 1. The minimum absolute atomic E-state index is 0.198. The number of thioether (sulfide) groups is 1. The van der Waals surface area contributed by atoms with Crippen molar-refractivity contribution in [3.8, 4) is 0 Å². The molecule has 2 atom stereocenters. The summed E-state index contributed by atoms with van der Waals surface area (Å²) in [7, 11) is 0. The number of carbonyl (C=O) groups is 2. The molecule has 1 heterocycles. The molecule has 19 heavy (non-hydrogen) atoms. The van der Waals surface area contributed by atoms with Gasteiger partial charge >= 0.3 is 12.0 Å². The lowest BCUT2D eigenvalue weighted by Crippen LogP contribution is -2.56. The number of nitrogens with zero attached hydrogens (tertiary/aromatic N) is 1. The van der Waals surface area contributed by atoms with E-state index in [-0.39, 0.29) is 13.2 Å². The van der Waals surface area contributed by atoms with E-state index < -0.39 is 24.1 Å². The Kier molecular flexibility index (Phi) is 6.96. The van der Waals surface area contributed by atoms with Gasteiger partial charge in [-0.25, -0.2) is 9.59 Å². The van der Waals surface area contributed by atoms with Crippen molar-refractivity contribution >= 4 is 23.8 Å². The van der Waals surface area contributed by atoms with Crippen LogP contribution in [0.15, 0.2) is 0 Å². The van der Waals surface area contributed by atoms with Crippen molar-refractivity contribution < 1.29 is 24.5 Å². The predicted molar refractivity (Wildman–Crippen MR) is 71.4 cm³/mol. The van der Waals surface area contributed by atoms with Gasteiger partial charge in [0.2, 0.25) is 0 Å². The third-order valence-electron chi connectivity index (χ3n) is 2.91. The van der Waals surface area contributed by atoms with Crippen LogP contribution in [0.3, 0.4) is 0 Å². The van der Waals surface area contributed by atoms with E-state index in [2.05, 4.69) is 5.32 Å². The molecule has 2 amide bonds. The second kappa shape index (κ2) is 8.23. The molecule has 0 aromatic rings. The van der Waals surface area contributed by atoms with E-state index in [4.69, 9.17) is 9.84 Å². The van der Waals surface area contributed by atoms with Crippen LogP contribution < -0.4 is 5.32 Å². The van der Waals surface area contributed by atoms with Gasteiger partial charge in [-0.05, 0) is 18.4 Å². The van der Waals surface area contributed by atoms with Crippen LogP contribution in [-0.2, 0) is 9.53 Å². The van der Waals surface area contributed by atoms with Crippen LogP contribution in [0, 0.1) is 0 Å². The third kappa shape index (κ3) is 4.88. The van der Waals surface area contributed by atoms with Crippen LogP contribution in [0.1, 0.15) is 6.42 Å². The number of ether oxygens (including phenoxy) is 1. The van der Waals surface area contributed by atoms with E-state index in [9.17, 15) is 14.7 Å². The van der Waals surface area contributed by atoms with E-state index in [1.807, 2.05) is 6.26 Å². The smallest absolute Gasteiger partial charge is 0.326 e. The normalized spacial score (nSPS) is 20.9. The average Bonchev–Trinajstić information content (AvgIpc) is 2.42. The molecule has 1 saturated heterocycles. The van der Waals surface area contributed by atoms with Crippen molar-refractivity contribution in [1.82, 2.24) is 10.2 Å². The molecule has 8 heteroatoms. The number of carboxylic acids is 1. The van der Waals surface area contributed by atoms with Crippen LogP contribution >= 0.6 is 11.8 Å². The lowest BCUT2D eigenvalue weighted by atomic mass is 10.2. The summed E-state index contributed by atoms with van der Waals surface area (Å²) in [5.74, 6) is -0.389. The molecule has 3 N–H and O–H groups in total. The maximum absolute atomic E-state index is 12.0. The Balaban J connectivity index is 2.56. The number of hydrogen-bond acceptors (Lipinski definition) is 5. The van der Waals surface area contributed by atoms with Crippen molar-refractivity contribution in [2.75, 3.05) is 38.4 Å². The number of morpholine rings is 1. The average molecular weight is 292 g/mol. The first-order valence-electron chi connectivity index (χ1n) is 6.07. The molecule has 0 bridgehead atoms. The second-order valence-electron chi connectivity index (χ2n) is 4.23. The van der Waals surface area contributed by atoms with Gasteiger partial charge < -0.3 is 25.2 Å². The number of aliphatic carboxylic acids is 1. The maximum atomic E-state index is 12.0. The zero-order valence-corrected chi connectivity index (χ0v) is 11.7. The fraction of sp³-hybridized carbons (Fsp3) is 0.818. The lowest BCUT2D eigenvalue weighted by molar-refractivity contribution is -0.139. The van der Waals surface area contributed by atoms with E-state index >= 15 is 0 Å². The standard InChI is InChI=1S/C11H20N2O5S/c1-19-5-2-9(10(15)16)12-11(17)13-3-4-18-7-8(13)6-14/h8-9,14H,2-7H2,1H3,(H,12,17)(H,15,16)/t8?,9-/m1/s1. The Morgan fingerprint density at radius 1 is 1.58 bits per heavy atom. The lowest BCUT2D eigenvalue weighted by Gasteiger charge is -2.35. The molecule has 7 nitrogen and oxygen atoms in total. The van der Waals surface area contributed by atoms with Crippen molar-refractivity contribution in [3.63, 3.8) is 0 Å². The molecule has 1 unspecified atom stereocenters. The first kappa shape index (κ1) is 16.1. The molecule has 0 spiro atoms. The number of rotatable bonds is 6. The minimum Gasteiger partial charge on any atom is -0.480 e. The van der Waals surface area contributed by atoms with Gasteiger partial charge in [-0.2, -0.15) is 11.8 Å². The predicted octanol–water partition coefficient (Wildman–Crippen LogP) is -0.405. The highest BCUT2D eigenvalue weighted by Crippen LogP contribution is 2.08. The number of carbonyl (C=O) groups excluding carboxylic acids is 1. The van der Waals surface area contributed by atoms with E-state index in [1.54, 1.807) is 0 Å². The number of amides is 2. The summed E-state index contributed by atoms with van der Waals surface area (Å²) < 4.78 is 5.17. The Labute approximate surface area is 116 Å². The fourth-order valence-corrected chi connectivity index (χ4v) is 2.27. The van der Waals surface area contributed by atoms with Gasteiger partial charge in [0, 0.05) is 6.54 Å². The van der Waals surface area contributed by atoms with Crippen LogP contribution in [-0.4, -0.2) is 77.6 Å². The van der Waals surface area contributed by atoms with Gasteiger partial charge in [-0.15, -0.1) is 0 Å². The molecule has 1 fully saturated rings. The zero-order valence-electron chi connectivity index (χ0n) is 10.9. The highest BCUT2D eigenvalue weighted by molar-refractivity contribution is 7.98. The topological polar surface area (TPSA) is 99.1 Å². The minimum atomic E-state index is -1.05. The Bertz CT molecular complexity index is 315. The summed E-state index contributed by atoms with van der Waals surface area (Å²) in [5, 5.41) is 20.7. The largest absolute Gasteiger partial charge is 0.480 e. The van der Waals surface area contributed by atoms with Crippen molar-refractivity contribution in [2.24, 2.45) is 0 Å². The van der Waals surface area contributed by atoms with Gasteiger partial charge in [0.05, 0.1) is 25.9 Å². The summed E-state index contributed by atoms with van der Waals surface area (Å²) in [6.07, 6.45) is 2.25. The van der Waals surface area contributed by atoms with Crippen LogP contribution in [0.2, 0.25) is 0 Å². The molecule has 0 saturated carbocycles. The summed E-state index contributed by atoms with van der Waals surface area (Å²) >= 11 is 1.53. The monoisotopic (exact) mass is 292 g/mol. The zero-order chi connectivity index (χ0) is 14.3. The molecule has 110 valence electrons. The fourth-order valence-electron chi connectivity index (χ4n) is 1.80. The summed E-state index contributed by atoms with van der Waals surface area (Å²) in [6, 6.07) is -1.78. The van der Waals surface area contributed by atoms with Crippen LogP contribution in [0.5, 0.6) is 0 Å². The summed E-state index contributed by atoms with van der Waals surface area (Å²) in [4.78, 5) is 24.5. The molecule has 1 aliphatic rings. The van der Waals surface area contributed by atoms with Gasteiger partial charge in [-0.3, -0.25) is 0 Å². The third-order valence-corrected chi connectivity index (χ3v) is 3.55. The van der Waals surface area contributed by atoms with Gasteiger partial charge in [0.25, 0.3) is 0 Å². The molecule has 0 aromatic carbocycles. The molecular weight excluding hydrogens is 272 g/mol. The van der Waals surface area contributed by atoms with E-state index in [0.717, 1.165) is 0 Å². The van der Waals surface area contributed by atoms with Gasteiger partial charge in [0.15, 0.2) is 0 Å². The molecular formula is C11H20N2O5S. The SMILES string of the molecule is CSCC[C@@H](NC(=O)N1CCOCC1CO)C(=O)O. The molecule has 0 aromatic heterocycles. The Morgan fingerprint density at radius 2 is 2.32 bits per heavy atom. The molecule has 0 radical (unpaired) electrons. The van der Waals surface area contributed by atoms with Gasteiger partial charge in [0.1, 0.15) is 6.04 Å². The molecule has 0 aliphatic carbocycles. The van der Waals surface area contributed by atoms with Crippen molar-refractivity contribution in [2.45, 2.75) is 18.5 Å². The summed E-state index contributed by atoms with van der Waals surface area (Å²) in [5.41, 5.74) is 0. The Hall–Kier alpha value is -0.990. The maximum Gasteiger partial charge on any atom is 0.326 e. The first-order valence-corrected chi connectivity index (χ1v) is 7.47. The quantitative estimate of drug-likeness (QED) is 0.616.